The number of carbonyl (C=O) groups excluding carboxylic acids is 2. The van der Waals surface area contributed by atoms with Crippen LogP contribution in [0.2, 0.25) is 0 Å². The average molecular weight is 270 g/mol. The molecule has 0 bridgehead atoms. The molecule has 1 aliphatic rings. The monoisotopic (exact) mass is 270 g/mol. The van der Waals surface area contributed by atoms with Crippen LogP contribution in [-0.4, -0.2) is 49.1 Å². The van der Waals surface area contributed by atoms with E-state index in [2.05, 4.69) is 5.32 Å². The minimum Gasteiger partial charge on any atom is -0.469 e. The fourth-order valence-electron chi connectivity index (χ4n) is 2.36. The topological polar surface area (TPSA) is 58.6 Å². The van der Waals surface area contributed by atoms with E-state index in [1.165, 1.54) is 7.11 Å². The number of carbonyl (C=O) groups is 2. The Morgan fingerprint density at radius 1 is 1.37 bits per heavy atom. The molecule has 0 aromatic rings. The van der Waals surface area contributed by atoms with Crippen LogP contribution in [-0.2, 0) is 14.3 Å². The van der Waals surface area contributed by atoms with E-state index in [0.717, 1.165) is 13.0 Å². The third kappa shape index (κ3) is 4.49. The maximum atomic E-state index is 12.0. The van der Waals surface area contributed by atoms with Gasteiger partial charge < -0.3 is 10.1 Å². The van der Waals surface area contributed by atoms with Crippen molar-refractivity contribution < 1.29 is 14.3 Å². The summed E-state index contributed by atoms with van der Waals surface area (Å²) in [5, 5.41) is 3.01. The third-order valence-corrected chi connectivity index (χ3v) is 3.92. The minimum atomic E-state index is -0.177. The van der Waals surface area contributed by atoms with Crippen LogP contribution in [0.3, 0.4) is 0 Å². The van der Waals surface area contributed by atoms with Crippen LogP contribution in [0.15, 0.2) is 0 Å². The van der Waals surface area contributed by atoms with Gasteiger partial charge in [0.1, 0.15) is 0 Å². The molecular formula is C14H26N2O3. The molecule has 110 valence electrons. The van der Waals surface area contributed by atoms with Gasteiger partial charge in [-0.25, -0.2) is 0 Å². The lowest BCUT2D eigenvalue weighted by atomic mass is 9.99. The number of ether oxygens (including phenoxy) is 1. The molecule has 0 aliphatic carbocycles. The summed E-state index contributed by atoms with van der Waals surface area (Å²) >= 11 is 0. The van der Waals surface area contributed by atoms with E-state index in [4.69, 9.17) is 4.74 Å². The molecule has 1 heterocycles. The summed E-state index contributed by atoms with van der Waals surface area (Å²) in [5.74, 6) is -0.0368. The first-order valence-electron chi connectivity index (χ1n) is 6.90. The maximum absolute atomic E-state index is 12.0. The first-order valence-corrected chi connectivity index (χ1v) is 6.90. The summed E-state index contributed by atoms with van der Waals surface area (Å²) in [4.78, 5) is 25.6. The Balaban J connectivity index is 2.47. The average Bonchev–Trinajstić information content (AvgIpc) is 2.68. The second-order valence-electron chi connectivity index (χ2n) is 6.09. The summed E-state index contributed by atoms with van der Waals surface area (Å²) in [5.41, 5.74) is -0.176. The molecule has 0 aromatic carbocycles. The van der Waals surface area contributed by atoms with Gasteiger partial charge in [-0.1, -0.05) is 13.8 Å². The van der Waals surface area contributed by atoms with Gasteiger partial charge in [0.15, 0.2) is 0 Å². The van der Waals surface area contributed by atoms with E-state index in [1.807, 2.05) is 32.6 Å². The summed E-state index contributed by atoms with van der Waals surface area (Å²) < 4.78 is 4.79. The maximum Gasteiger partial charge on any atom is 0.310 e. The van der Waals surface area contributed by atoms with Crippen LogP contribution < -0.4 is 5.32 Å². The van der Waals surface area contributed by atoms with Crippen LogP contribution in [0.1, 0.15) is 34.1 Å². The first kappa shape index (κ1) is 16.0. The van der Waals surface area contributed by atoms with Gasteiger partial charge in [-0.2, -0.15) is 0 Å². The molecule has 1 fully saturated rings. The lowest BCUT2D eigenvalue weighted by Crippen LogP contribution is -2.47. The lowest BCUT2D eigenvalue weighted by Gasteiger charge is -2.26. The molecule has 1 aliphatic heterocycles. The Hall–Kier alpha value is -1.10. The van der Waals surface area contributed by atoms with Crippen molar-refractivity contribution in [3.8, 4) is 0 Å². The third-order valence-electron chi connectivity index (χ3n) is 3.92. The Morgan fingerprint density at radius 2 is 2.00 bits per heavy atom. The van der Waals surface area contributed by atoms with Gasteiger partial charge in [0.2, 0.25) is 5.91 Å². The number of amides is 1. The van der Waals surface area contributed by atoms with Crippen LogP contribution >= 0.6 is 0 Å². The molecule has 1 amide bonds. The zero-order valence-corrected chi connectivity index (χ0v) is 12.7. The number of methoxy groups -OCH3 is 1. The van der Waals surface area contributed by atoms with Crippen LogP contribution in [0, 0.1) is 11.8 Å². The molecule has 0 spiro atoms. The molecule has 1 N–H and O–H groups in total. The predicted molar refractivity (Wildman–Crippen MR) is 73.6 cm³/mol. The minimum absolute atomic E-state index is 0.0181. The lowest BCUT2D eigenvalue weighted by molar-refractivity contribution is -0.146. The van der Waals surface area contributed by atoms with E-state index < -0.39 is 0 Å². The molecule has 1 rings (SSSR count). The standard InChI is InChI=1S/C14H26N2O3/c1-6-14(3,4)15-12(17)9-16-7-10(2)11(8-16)13(18)19-5/h10-11H,6-9H2,1-5H3,(H,15,17). The molecule has 0 saturated carbocycles. The Labute approximate surface area is 115 Å². The number of rotatable bonds is 5. The zero-order valence-electron chi connectivity index (χ0n) is 12.7. The normalized spacial score (nSPS) is 24.3. The molecule has 19 heavy (non-hydrogen) atoms. The highest BCUT2D eigenvalue weighted by Crippen LogP contribution is 2.23. The number of nitrogens with one attached hydrogen (secondary N) is 1. The molecule has 2 unspecified atom stereocenters. The van der Waals surface area contributed by atoms with Crippen LogP contribution in [0.5, 0.6) is 0 Å². The fraction of sp³-hybridized carbons (Fsp3) is 0.857. The van der Waals surface area contributed by atoms with Gasteiger partial charge in [-0.3, -0.25) is 14.5 Å². The van der Waals surface area contributed by atoms with Crippen molar-refractivity contribution in [1.29, 1.82) is 0 Å². The van der Waals surface area contributed by atoms with E-state index >= 15 is 0 Å². The highest BCUT2D eigenvalue weighted by molar-refractivity contribution is 5.79. The number of nitrogens with zero attached hydrogens (tertiary/aromatic N) is 1. The van der Waals surface area contributed by atoms with Crippen molar-refractivity contribution in [2.24, 2.45) is 11.8 Å². The first-order chi connectivity index (χ1) is 8.79. The van der Waals surface area contributed by atoms with Gasteiger partial charge in [-0.05, 0) is 26.2 Å². The number of hydrogen-bond donors (Lipinski definition) is 1. The molecule has 2 atom stereocenters. The van der Waals surface area contributed by atoms with Gasteiger partial charge in [0, 0.05) is 18.6 Å². The van der Waals surface area contributed by atoms with Crippen LogP contribution in [0.25, 0.3) is 0 Å². The molecular weight excluding hydrogens is 244 g/mol. The predicted octanol–water partition coefficient (Wildman–Crippen LogP) is 1.03. The van der Waals surface area contributed by atoms with Gasteiger partial charge in [0.05, 0.1) is 19.6 Å². The zero-order chi connectivity index (χ0) is 14.6. The van der Waals surface area contributed by atoms with Crippen molar-refractivity contribution >= 4 is 11.9 Å². The number of likely N-dealkylation sites (tertiary alicyclic amines) is 1. The molecule has 1 saturated heterocycles. The summed E-state index contributed by atoms with van der Waals surface area (Å²) in [6.07, 6.45) is 0.889. The summed E-state index contributed by atoms with van der Waals surface area (Å²) in [7, 11) is 1.41. The Kier molecular flexibility index (Phi) is 5.35. The molecule has 0 radical (unpaired) electrons. The SMILES string of the molecule is CCC(C)(C)NC(=O)CN1CC(C)C(C(=O)OC)C1. The Morgan fingerprint density at radius 3 is 2.53 bits per heavy atom. The van der Waals surface area contributed by atoms with Crippen LogP contribution in [0.4, 0.5) is 0 Å². The van der Waals surface area contributed by atoms with Gasteiger partial charge in [-0.15, -0.1) is 0 Å². The number of esters is 1. The molecule has 5 nitrogen and oxygen atoms in total. The van der Waals surface area contributed by atoms with Crippen molar-refractivity contribution in [3.63, 3.8) is 0 Å². The number of hydrogen-bond acceptors (Lipinski definition) is 4. The molecule has 5 heteroatoms. The summed E-state index contributed by atoms with van der Waals surface area (Å²) in [6, 6.07) is 0. The quantitative estimate of drug-likeness (QED) is 0.758. The van der Waals surface area contributed by atoms with E-state index in [9.17, 15) is 9.59 Å². The van der Waals surface area contributed by atoms with E-state index in [1.54, 1.807) is 0 Å². The second kappa shape index (κ2) is 6.37. The Bertz CT molecular complexity index is 342. The van der Waals surface area contributed by atoms with E-state index in [-0.39, 0.29) is 29.3 Å². The van der Waals surface area contributed by atoms with Gasteiger partial charge >= 0.3 is 5.97 Å². The summed E-state index contributed by atoms with van der Waals surface area (Å²) in [6.45, 7) is 9.80. The van der Waals surface area contributed by atoms with Gasteiger partial charge in [0.25, 0.3) is 0 Å². The smallest absolute Gasteiger partial charge is 0.310 e. The largest absolute Gasteiger partial charge is 0.469 e. The highest BCUT2D eigenvalue weighted by Gasteiger charge is 2.36. The van der Waals surface area contributed by atoms with Crippen molar-refractivity contribution in [1.82, 2.24) is 10.2 Å². The highest BCUT2D eigenvalue weighted by atomic mass is 16.5. The van der Waals surface area contributed by atoms with E-state index in [0.29, 0.717) is 13.1 Å². The van der Waals surface area contributed by atoms with Crippen molar-refractivity contribution in [3.05, 3.63) is 0 Å². The second-order valence-corrected chi connectivity index (χ2v) is 6.09. The molecule has 0 aromatic heterocycles. The van der Waals surface area contributed by atoms with Crippen molar-refractivity contribution in [2.75, 3.05) is 26.7 Å². The fourth-order valence-corrected chi connectivity index (χ4v) is 2.36. The van der Waals surface area contributed by atoms with Crippen molar-refractivity contribution in [2.45, 2.75) is 39.7 Å².